The zero-order chi connectivity index (χ0) is 23.2. The van der Waals surface area contributed by atoms with Crippen LogP contribution in [-0.2, 0) is 4.79 Å². The molecule has 1 amide bonds. The summed E-state index contributed by atoms with van der Waals surface area (Å²) in [5, 5.41) is 19.0. The van der Waals surface area contributed by atoms with Gasteiger partial charge in [-0.15, -0.1) is 0 Å². The van der Waals surface area contributed by atoms with Crippen LogP contribution in [0.3, 0.4) is 0 Å². The van der Waals surface area contributed by atoms with E-state index in [0.29, 0.717) is 17.2 Å². The van der Waals surface area contributed by atoms with Gasteiger partial charge in [0.1, 0.15) is 17.4 Å². The molecule has 1 aliphatic heterocycles. The SMILES string of the molecule is COc1ccc(/C=N/N=C/C2=C(O)C(c3ccccc3)N(c3ccccc3)C2=O)cc1OC. The van der Waals surface area contributed by atoms with Gasteiger partial charge in [-0.05, 0) is 41.5 Å². The lowest BCUT2D eigenvalue weighted by Crippen LogP contribution is -2.30. The molecule has 0 aliphatic carbocycles. The van der Waals surface area contributed by atoms with E-state index in [-0.39, 0.29) is 17.2 Å². The first kappa shape index (κ1) is 21.8. The van der Waals surface area contributed by atoms with Crippen LogP contribution in [0.1, 0.15) is 17.2 Å². The summed E-state index contributed by atoms with van der Waals surface area (Å²) in [6.07, 6.45) is 2.81. The molecule has 1 unspecified atom stereocenters. The quantitative estimate of drug-likeness (QED) is 0.425. The molecule has 33 heavy (non-hydrogen) atoms. The van der Waals surface area contributed by atoms with Crippen molar-refractivity contribution in [3.63, 3.8) is 0 Å². The van der Waals surface area contributed by atoms with Gasteiger partial charge in [-0.3, -0.25) is 9.69 Å². The normalized spacial score (nSPS) is 16.2. The second-order valence-electron chi connectivity index (χ2n) is 7.23. The summed E-state index contributed by atoms with van der Waals surface area (Å²) in [5.41, 5.74) is 2.32. The minimum atomic E-state index is -0.641. The molecule has 3 aromatic carbocycles. The van der Waals surface area contributed by atoms with Gasteiger partial charge < -0.3 is 14.6 Å². The van der Waals surface area contributed by atoms with Gasteiger partial charge in [-0.2, -0.15) is 10.2 Å². The molecule has 1 N–H and O–H groups in total. The second-order valence-corrected chi connectivity index (χ2v) is 7.23. The Labute approximate surface area is 191 Å². The van der Waals surface area contributed by atoms with Crippen molar-refractivity contribution in [3.05, 3.63) is 101 Å². The summed E-state index contributed by atoms with van der Waals surface area (Å²) >= 11 is 0. The van der Waals surface area contributed by atoms with Crippen molar-refractivity contribution in [1.29, 1.82) is 0 Å². The number of aliphatic hydroxyl groups is 1. The Hall–Kier alpha value is -4.39. The zero-order valence-electron chi connectivity index (χ0n) is 18.3. The third-order valence-electron chi connectivity index (χ3n) is 5.26. The number of nitrogens with zero attached hydrogens (tertiary/aromatic N) is 3. The van der Waals surface area contributed by atoms with Crippen LogP contribution in [0.5, 0.6) is 11.5 Å². The van der Waals surface area contributed by atoms with Gasteiger partial charge in [0.2, 0.25) is 0 Å². The van der Waals surface area contributed by atoms with Gasteiger partial charge in [0.25, 0.3) is 5.91 Å². The molecule has 0 bridgehead atoms. The van der Waals surface area contributed by atoms with E-state index in [4.69, 9.17) is 9.47 Å². The Morgan fingerprint density at radius 3 is 2.15 bits per heavy atom. The number of anilines is 1. The highest BCUT2D eigenvalue weighted by atomic mass is 16.5. The van der Waals surface area contributed by atoms with E-state index in [1.54, 1.807) is 37.3 Å². The number of para-hydroxylation sites is 1. The topological polar surface area (TPSA) is 83.7 Å². The lowest BCUT2D eigenvalue weighted by molar-refractivity contribution is -0.114. The van der Waals surface area contributed by atoms with Crippen molar-refractivity contribution in [1.82, 2.24) is 0 Å². The number of benzene rings is 3. The number of carbonyl (C=O) groups is 1. The van der Waals surface area contributed by atoms with E-state index in [1.807, 2.05) is 60.7 Å². The Morgan fingerprint density at radius 2 is 1.48 bits per heavy atom. The fourth-order valence-electron chi connectivity index (χ4n) is 3.67. The van der Waals surface area contributed by atoms with Gasteiger partial charge >= 0.3 is 0 Å². The minimum absolute atomic E-state index is 0.0693. The van der Waals surface area contributed by atoms with Crippen LogP contribution < -0.4 is 14.4 Å². The number of ether oxygens (including phenoxy) is 2. The first-order chi connectivity index (χ1) is 16.1. The van der Waals surface area contributed by atoms with Crippen LogP contribution in [-0.4, -0.2) is 37.7 Å². The molecule has 0 spiro atoms. The van der Waals surface area contributed by atoms with E-state index in [2.05, 4.69) is 10.2 Å². The smallest absolute Gasteiger partial charge is 0.264 e. The summed E-state index contributed by atoms with van der Waals surface area (Å²) in [6.45, 7) is 0. The van der Waals surface area contributed by atoms with Crippen molar-refractivity contribution in [2.75, 3.05) is 19.1 Å². The van der Waals surface area contributed by atoms with Crippen LogP contribution in [0.2, 0.25) is 0 Å². The summed E-state index contributed by atoms with van der Waals surface area (Å²) in [5.74, 6) is 0.761. The number of methoxy groups -OCH3 is 2. The highest BCUT2D eigenvalue weighted by Gasteiger charge is 2.40. The first-order valence-corrected chi connectivity index (χ1v) is 10.3. The Kier molecular flexibility index (Phi) is 6.50. The lowest BCUT2D eigenvalue weighted by Gasteiger charge is -2.25. The standard InChI is InChI=1S/C26H23N3O4/c1-32-22-14-13-18(15-23(22)33-2)16-27-28-17-21-25(30)24(19-9-5-3-6-10-19)29(26(21)31)20-11-7-4-8-12-20/h3-17,24,30H,1-2H3/b27-16+,28-17+. The number of rotatable bonds is 7. The predicted octanol–water partition coefficient (Wildman–Crippen LogP) is 4.71. The average Bonchev–Trinajstić information content (AvgIpc) is 3.12. The van der Waals surface area contributed by atoms with Crippen LogP contribution in [0.15, 0.2) is 100 Å². The fourth-order valence-corrected chi connectivity index (χ4v) is 3.67. The maximum atomic E-state index is 13.3. The number of aliphatic hydroxyl groups excluding tert-OH is 1. The highest BCUT2D eigenvalue weighted by Crippen LogP contribution is 2.39. The van der Waals surface area contributed by atoms with E-state index in [9.17, 15) is 9.90 Å². The average molecular weight is 441 g/mol. The van der Waals surface area contributed by atoms with Crippen LogP contribution >= 0.6 is 0 Å². The molecule has 0 aromatic heterocycles. The largest absolute Gasteiger partial charge is 0.509 e. The molecule has 3 aromatic rings. The van der Waals surface area contributed by atoms with Gasteiger partial charge in [0.05, 0.1) is 26.6 Å². The maximum Gasteiger partial charge on any atom is 0.264 e. The second kappa shape index (κ2) is 9.82. The molecule has 7 nitrogen and oxygen atoms in total. The van der Waals surface area contributed by atoms with Crippen LogP contribution in [0, 0.1) is 0 Å². The van der Waals surface area contributed by atoms with E-state index in [1.165, 1.54) is 12.4 Å². The van der Waals surface area contributed by atoms with Gasteiger partial charge in [0.15, 0.2) is 11.5 Å². The number of hydrogen-bond donors (Lipinski definition) is 1. The van der Waals surface area contributed by atoms with Crippen molar-refractivity contribution in [2.24, 2.45) is 10.2 Å². The Bertz CT molecular complexity index is 1220. The van der Waals surface area contributed by atoms with Crippen molar-refractivity contribution < 1.29 is 19.4 Å². The van der Waals surface area contributed by atoms with Crippen LogP contribution in [0.4, 0.5) is 5.69 Å². The predicted molar refractivity (Wildman–Crippen MR) is 128 cm³/mol. The number of carbonyl (C=O) groups excluding carboxylic acids is 1. The molecular weight excluding hydrogens is 418 g/mol. The lowest BCUT2D eigenvalue weighted by atomic mass is 10.0. The minimum Gasteiger partial charge on any atom is -0.509 e. The van der Waals surface area contributed by atoms with Crippen molar-refractivity contribution >= 4 is 24.0 Å². The summed E-state index contributed by atoms with van der Waals surface area (Å²) in [7, 11) is 3.12. The van der Waals surface area contributed by atoms with E-state index in [0.717, 1.165) is 11.1 Å². The van der Waals surface area contributed by atoms with Gasteiger partial charge in [0, 0.05) is 5.69 Å². The first-order valence-electron chi connectivity index (χ1n) is 10.3. The number of amides is 1. The molecule has 1 heterocycles. The van der Waals surface area contributed by atoms with E-state index < -0.39 is 6.04 Å². The summed E-state index contributed by atoms with van der Waals surface area (Å²) < 4.78 is 10.5. The number of hydrogen-bond acceptors (Lipinski definition) is 6. The monoisotopic (exact) mass is 441 g/mol. The molecule has 1 atom stereocenters. The fraction of sp³-hybridized carbons (Fsp3) is 0.115. The molecule has 1 aliphatic rings. The molecule has 0 saturated heterocycles. The Balaban J connectivity index is 1.62. The summed E-state index contributed by atoms with van der Waals surface area (Å²) in [6, 6.07) is 23.3. The molecular formula is C26H23N3O4. The van der Waals surface area contributed by atoms with Crippen molar-refractivity contribution in [3.8, 4) is 11.5 Å². The molecule has 4 rings (SSSR count). The van der Waals surface area contributed by atoms with Crippen molar-refractivity contribution in [2.45, 2.75) is 6.04 Å². The molecule has 0 fully saturated rings. The highest BCUT2D eigenvalue weighted by molar-refractivity contribution is 6.22. The third-order valence-corrected chi connectivity index (χ3v) is 5.26. The molecule has 7 heteroatoms. The van der Waals surface area contributed by atoms with Gasteiger partial charge in [-0.25, -0.2) is 0 Å². The third kappa shape index (κ3) is 4.48. The molecule has 0 radical (unpaired) electrons. The molecule has 0 saturated carbocycles. The van der Waals surface area contributed by atoms with E-state index >= 15 is 0 Å². The zero-order valence-corrected chi connectivity index (χ0v) is 18.3. The molecule has 166 valence electrons. The maximum absolute atomic E-state index is 13.3. The van der Waals surface area contributed by atoms with Crippen LogP contribution in [0.25, 0.3) is 0 Å². The Morgan fingerprint density at radius 1 is 0.848 bits per heavy atom. The van der Waals surface area contributed by atoms with Gasteiger partial charge in [-0.1, -0.05) is 48.5 Å². The summed E-state index contributed by atoms with van der Waals surface area (Å²) in [4.78, 5) is 14.8.